The lowest BCUT2D eigenvalue weighted by atomic mass is 10.0. The number of fused-ring (bicyclic) bond motifs is 8. The van der Waals surface area contributed by atoms with Gasteiger partial charge in [0.05, 0.1) is 0 Å². The van der Waals surface area contributed by atoms with Crippen LogP contribution in [0.15, 0.2) is 0 Å². The second-order valence-electron chi connectivity index (χ2n) is 12.5. The number of hydrogen-bond donors (Lipinski definition) is 0. The minimum absolute atomic E-state index is 1.17. The van der Waals surface area contributed by atoms with Gasteiger partial charge in [-0.1, -0.05) is 103 Å². The zero-order chi connectivity index (χ0) is 18.8. The van der Waals surface area contributed by atoms with Gasteiger partial charge in [0, 0.05) is 0 Å². The Morgan fingerprint density at radius 3 is 0.321 bits per heavy atom. The summed E-state index contributed by atoms with van der Waals surface area (Å²) in [6.45, 7) is 0. The summed E-state index contributed by atoms with van der Waals surface area (Å²) in [6, 6.07) is 0. The molecule has 8 fully saturated rings. The van der Waals surface area contributed by atoms with Gasteiger partial charge in [-0.3, -0.25) is 0 Å². The van der Waals surface area contributed by atoms with Gasteiger partial charge in [0.15, 0.2) is 0 Å². The molecule has 0 heteroatoms. The van der Waals surface area contributed by atoms with Gasteiger partial charge in [-0.15, -0.1) is 0 Å². The smallest absolute Gasteiger partial charge is 0.0411 e. The van der Waals surface area contributed by atoms with E-state index < -0.39 is 0 Å². The SMILES string of the molecule is C1CC2CCC1C2.C1CC2CCC1C2.C1CC2CCC1C2.C1CC2CCC1C2. The van der Waals surface area contributed by atoms with Crippen LogP contribution in [0.25, 0.3) is 0 Å². The van der Waals surface area contributed by atoms with Gasteiger partial charge in [0.2, 0.25) is 0 Å². The third kappa shape index (κ3) is 5.18. The lowest BCUT2D eigenvalue weighted by molar-refractivity contribution is 0.480. The van der Waals surface area contributed by atoms with Gasteiger partial charge in [0.1, 0.15) is 0 Å². The maximum Gasteiger partial charge on any atom is -0.0411 e. The third-order valence-electron chi connectivity index (χ3n) is 10.5. The van der Waals surface area contributed by atoms with Gasteiger partial charge in [-0.25, -0.2) is 0 Å². The van der Waals surface area contributed by atoms with Crippen LogP contribution in [0.5, 0.6) is 0 Å². The van der Waals surface area contributed by atoms with E-state index in [-0.39, 0.29) is 0 Å². The van der Waals surface area contributed by atoms with Crippen LogP contribution in [0.2, 0.25) is 0 Å². The third-order valence-corrected chi connectivity index (χ3v) is 10.5. The second kappa shape index (κ2) is 9.43. The van der Waals surface area contributed by atoms with Gasteiger partial charge >= 0.3 is 0 Å². The van der Waals surface area contributed by atoms with Crippen molar-refractivity contribution in [2.24, 2.45) is 47.3 Å². The molecule has 0 spiro atoms. The van der Waals surface area contributed by atoms with Crippen LogP contribution in [0, 0.1) is 47.3 Å². The van der Waals surface area contributed by atoms with E-state index in [0.29, 0.717) is 0 Å². The van der Waals surface area contributed by atoms with Crippen molar-refractivity contribution >= 4 is 0 Å². The first-order chi connectivity index (χ1) is 13.8. The van der Waals surface area contributed by atoms with E-state index in [2.05, 4.69) is 0 Å². The highest BCUT2D eigenvalue weighted by Gasteiger charge is 2.32. The van der Waals surface area contributed by atoms with Crippen LogP contribution in [-0.2, 0) is 0 Å². The van der Waals surface area contributed by atoms with Crippen molar-refractivity contribution in [2.45, 2.75) is 128 Å². The van der Waals surface area contributed by atoms with E-state index in [1.807, 2.05) is 0 Å². The Kier molecular flexibility index (Phi) is 6.71. The number of rotatable bonds is 0. The summed E-state index contributed by atoms with van der Waals surface area (Å²) < 4.78 is 0. The molecule has 0 saturated heterocycles. The molecule has 0 aromatic carbocycles. The molecule has 8 aliphatic carbocycles. The zero-order valence-corrected chi connectivity index (χ0v) is 18.8. The molecule has 0 unspecified atom stereocenters. The summed E-state index contributed by atoms with van der Waals surface area (Å²) in [7, 11) is 0. The standard InChI is InChI=1S/4C7H12/c4*1-2-7-4-3-6(1)5-7/h4*6-7H,1-5H2. The Hall–Kier alpha value is 0. The van der Waals surface area contributed by atoms with Crippen molar-refractivity contribution in [1.29, 1.82) is 0 Å². The second-order valence-corrected chi connectivity index (χ2v) is 12.5. The molecule has 8 bridgehead atoms. The van der Waals surface area contributed by atoms with E-state index in [1.54, 1.807) is 128 Å². The summed E-state index contributed by atoms with van der Waals surface area (Å²) in [4.78, 5) is 0. The normalized spacial score (nSPS) is 48.0. The van der Waals surface area contributed by atoms with Crippen LogP contribution >= 0.6 is 0 Å². The first-order valence-electron chi connectivity index (χ1n) is 13.8. The summed E-state index contributed by atoms with van der Waals surface area (Å²) in [5.41, 5.74) is 0. The van der Waals surface area contributed by atoms with Crippen LogP contribution in [0.3, 0.4) is 0 Å². The molecule has 0 nitrogen and oxygen atoms in total. The van der Waals surface area contributed by atoms with Gasteiger partial charge in [-0.2, -0.15) is 0 Å². The van der Waals surface area contributed by atoms with Crippen molar-refractivity contribution in [3.8, 4) is 0 Å². The van der Waals surface area contributed by atoms with Gasteiger partial charge in [0.25, 0.3) is 0 Å². The molecule has 160 valence electrons. The van der Waals surface area contributed by atoms with E-state index in [9.17, 15) is 0 Å². The molecule has 8 rings (SSSR count). The van der Waals surface area contributed by atoms with E-state index >= 15 is 0 Å². The predicted molar refractivity (Wildman–Crippen MR) is 120 cm³/mol. The topological polar surface area (TPSA) is 0 Å². The van der Waals surface area contributed by atoms with Crippen molar-refractivity contribution in [3.63, 3.8) is 0 Å². The monoisotopic (exact) mass is 384 g/mol. The van der Waals surface area contributed by atoms with Crippen LogP contribution < -0.4 is 0 Å². The largest absolute Gasteiger partial charge is 0.0502 e. The Labute approximate surface area is 176 Å². The zero-order valence-electron chi connectivity index (χ0n) is 18.8. The highest BCUT2D eigenvalue weighted by molar-refractivity contribution is 4.84. The molecule has 0 aliphatic heterocycles. The van der Waals surface area contributed by atoms with Gasteiger partial charge < -0.3 is 0 Å². The molecule has 0 N–H and O–H groups in total. The molecule has 0 amide bonds. The molecular weight excluding hydrogens is 336 g/mol. The Morgan fingerprint density at radius 1 is 0.179 bits per heavy atom. The fraction of sp³-hybridized carbons (Fsp3) is 1.00. The summed E-state index contributed by atoms with van der Waals surface area (Å²) in [5.74, 6) is 9.37. The molecule has 8 aliphatic rings. The molecule has 28 heavy (non-hydrogen) atoms. The van der Waals surface area contributed by atoms with Crippen molar-refractivity contribution in [1.82, 2.24) is 0 Å². The molecule has 0 aromatic rings. The average Bonchev–Trinajstić information content (AvgIpc) is 3.63. The van der Waals surface area contributed by atoms with Crippen LogP contribution in [0.4, 0.5) is 0 Å². The van der Waals surface area contributed by atoms with E-state index in [1.165, 1.54) is 47.3 Å². The highest BCUT2D eigenvalue weighted by Crippen LogP contribution is 2.45. The molecule has 0 radical (unpaired) electrons. The molecule has 0 aromatic heterocycles. The summed E-state index contributed by atoms with van der Waals surface area (Å²) in [5, 5.41) is 0. The fourth-order valence-corrected chi connectivity index (χ4v) is 8.70. The van der Waals surface area contributed by atoms with Crippen molar-refractivity contribution < 1.29 is 0 Å². The van der Waals surface area contributed by atoms with E-state index in [4.69, 9.17) is 0 Å². The minimum atomic E-state index is 1.17. The minimum Gasteiger partial charge on any atom is -0.0502 e. The predicted octanol–water partition coefficient (Wildman–Crippen LogP) is 8.79. The number of hydrogen-bond acceptors (Lipinski definition) is 0. The molecule has 0 atom stereocenters. The quantitative estimate of drug-likeness (QED) is 0.391. The first-order valence-corrected chi connectivity index (χ1v) is 13.8. The molecule has 0 heterocycles. The lowest BCUT2D eigenvalue weighted by Gasteiger charge is -2.05. The maximum atomic E-state index is 1.58. The lowest BCUT2D eigenvalue weighted by Crippen LogP contribution is -1.90. The first kappa shape index (κ1) is 19.9. The maximum absolute atomic E-state index is 1.58. The summed E-state index contributed by atoms with van der Waals surface area (Å²) in [6.07, 6.45) is 31.3. The van der Waals surface area contributed by atoms with Crippen LogP contribution in [-0.4, -0.2) is 0 Å². The summed E-state index contributed by atoms with van der Waals surface area (Å²) >= 11 is 0. The highest BCUT2D eigenvalue weighted by atomic mass is 14.4. The average molecular weight is 385 g/mol. The Bertz CT molecular complexity index is 320. The van der Waals surface area contributed by atoms with Gasteiger partial charge in [-0.05, 0) is 73.0 Å². The Balaban J connectivity index is 0.0000000813. The fourth-order valence-electron chi connectivity index (χ4n) is 8.70. The van der Waals surface area contributed by atoms with Crippen LogP contribution in [0.1, 0.15) is 128 Å². The van der Waals surface area contributed by atoms with Crippen molar-refractivity contribution in [2.75, 3.05) is 0 Å². The molecular formula is C28H48. The van der Waals surface area contributed by atoms with E-state index in [0.717, 1.165) is 0 Å². The van der Waals surface area contributed by atoms with Crippen molar-refractivity contribution in [3.05, 3.63) is 0 Å². The Morgan fingerprint density at radius 2 is 0.286 bits per heavy atom. The molecule has 8 saturated carbocycles.